The number of nitrogens with zero attached hydrogens (tertiary/aromatic N) is 1. The minimum absolute atomic E-state index is 0.230. The Labute approximate surface area is 189 Å². The molecule has 1 amide bonds. The monoisotopic (exact) mass is 456 g/mol. The van der Waals surface area contributed by atoms with E-state index in [9.17, 15) is 13.2 Å². The number of fused-ring (bicyclic) bond motifs is 1. The van der Waals surface area contributed by atoms with Crippen molar-refractivity contribution < 1.29 is 22.7 Å². The van der Waals surface area contributed by atoms with Crippen molar-refractivity contribution in [2.75, 3.05) is 30.8 Å². The summed E-state index contributed by atoms with van der Waals surface area (Å²) in [4.78, 5) is 12.5. The Morgan fingerprint density at radius 2 is 1.72 bits per heavy atom. The Hall–Kier alpha value is -3.26. The van der Waals surface area contributed by atoms with Crippen molar-refractivity contribution in [3.63, 3.8) is 0 Å². The van der Waals surface area contributed by atoms with Gasteiger partial charge in [0.25, 0.3) is 5.91 Å². The highest BCUT2D eigenvalue weighted by Crippen LogP contribution is 2.25. The van der Waals surface area contributed by atoms with Crippen LogP contribution >= 0.6 is 0 Å². The van der Waals surface area contributed by atoms with Crippen LogP contribution in [0.3, 0.4) is 0 Å². The SMILES string of the molecule is CC[C@@H](Oc1ccc(N(C)S(C)(=O)=O)cc1)C(=O)NCCOc1cccc2ccccc12. The highest BCUT2D eigenvalue weighted by atomic mass is 32.2. The largest absolute Gasteiger partial charge is 0.491 e. The van der Waals surface area contributed by atoms with Crippen LogP contribution in [0.4, 0.5) is 5.69 Å². The molecule has 0 saturated carbocycles. The van der Waals surface area contributed by atoms with Crippen LogP contribution in [0.25, 0.3) is 10.8 Å². The average molecular weight is 457 g/mol. The van der Waals surface area contributed by atoms with E-state index in [1.165, 1.54) is 11.4 Å². The van der Waals surface area contributed by atoms with E-state index in [-0.39, 0.29) is 5.91 Å². The van der Waals surface area contributed by atoms with Gasteiger partial charge in [0.2, 0.25) is 10.0 Å². The summed E-state index contributed by atoms with van der Waals surface area (Å²) in [6, 6.07) is 20.4. The Kier molecular flexibility index (Phi) is 7.58. The maximum Gasteiger partial charge on any atom is 0.261 e. The Morgan fingerprint density at radius 3 is 2.41 bits per heavy atom. The highest BCUT2D eigenvalue weighted by molar-refractivity contribution is 7.92. The van der Waals surface area contributed by atoms with E-state index in [4.69, 9.17) is 9.47 Å². The zero-order valence-corrected chi connectivity index (χ0v) is 19.3. The molecule has 0 fully saturated rings. The third-order valence-electron chi connectivity index (χ3n) is 5.05. The van der Waals surface area contributed by atoms with Gasteiger partial charge in [0.05, 0.1) is 18.5 Å². The molecule has 1 N–H and O–H groups in total. The van der Waals surface area contributed by atoms with Gasteiger partial charge in [0.1, 0.15) is 18.1 Å². The lowest BCUT2D eigenvalue weighted by Gasteiger charge is -2.19. The lowest BCUT2D eigenvalue weighted by atomic mass is 10.1. The smallest absolute Gasteiger partial charge is 0.261 e. The molecule has 0 saturated heterocycles. The molecule has 8 heteroatoms. The number of amides is 1. The lowest BCUT2D eigenvalue weighted by molar-refractivity contribution is -0.128. The van der Waals surface area contributed by atoms with Crippen LogP contribution in [0.2, 0.25) is 0 Å². The molecule has 0 aromatic heterocycles. The summed E-state index contributed by atoms with van der Waals surface area (Å²) in [5, 5.41) is 4.97. The molecule has 170 valence electrons. The fourth-order valence-corrected chi connectivity index (χ4v) is 3.69. The van der Waals surface area contributed by atoms with Crippen LogP contribution in [-0.4, -0.2) is 46.9 Å². The van der Waals surface area contributed by atoms with Gasteiger partial charge >= 0.3 is 0 Å². The van der Waals surface area contributed by atoms with Crippen LogP contribution in [-0.2, 0) is 14.8 Å². The van der Waals surface area contributed by atoms with E-state index in [1.807, 2.05) is 49.4 Å². The number of carbonyl (C=O) groups excluding carboxylic acids is 1. The van der Waals surface area contributed by atoms with Crippen LogP contribution in [0.15, 0.2) is 66.7 Å². The number of benzene rings is 3. The van der Waals surface area contributed by atoms with E-state index in [2.05, 4.69) is 5.32 Å². The van der Waals surface area contributed by atoms with Crippen molar-refractivity contribution >= 4 is 32.4 Å². The number of carbonyl (C=O) groups is 1. The van der Waals surface area contributed by atoms with Gasteiger partial charge in [0.15, 0.2) is 6.10 Å². The van der Waals surface area contributed by atoms with E-state index >= 15 is 0 Å². The first-order valence-electron chi connectivity index (χ1n) is 10.4. The molecule has 0 spiro atoms. The summed E-state index contributed by atoms with van der Waals surface area (Å²) in [5.41, 5.74) is 0.517. The second kappa shape index (κ2) is 10.4. The van der Waals surface area contributed by atoms with Gasteiger partial charge in [-0.15, -0.1) is 0 Å². The zero-order valence-electron chi connectivity index (χ0n) is 18.4. The quantitative estimate of drug-likeness (QED) is 0.471. The molecule has 1 atom stereocenters. The average Bonchev–Trinajstić information content (AvgIpc) is 2.79. The number of nitrogens with one attached hydrogen (secondary N) is 1. The minimum atomic E-state index is -3.34. The molecule has 0 radical (unpaired) electrons. The topological polar surface area (TPSA) is 84.9 Å². The fraction of sp³-hybridized carbons (Fsp3) is 0.292. The van der Waals surface area contributed by atoms with E-state index in [0.717, 1.165) is 22.8 Å². The zero-order chi connectivity index (χ0) is 23.1. The predicted molar refractivity (Wildman–Crippen MR) is 127 cm³/mol. The van der Waals surface area contributed by atoms with Crippen LogP contribution in [0.5, 0.6) is 11.5 Å². The van der Waals surface area contributed by atoms with Crippen molar-refractivity contribution in [2.24, 2.45) is 0 Å². The Morgan fingerprint density at radius 1 is 1.03 bits per heavy atom. The maximum atomic E-state index is 12.5. The van der Waals surface area contributed by atoms with Gasteiger partial charge < -0.3 is 14.8 Å². The highest BCUT2D eigenvalue weighted by Gasteiger charge is 2.18. The van der Waals surface area contributed by atoms with Crippen molar-refractivity contribution in [3.8, 4) is 11.5 Å². The summed E-state index contributed by atoms with van der Waals surface area (Å²) >= 11 is 0. The molecule has 0 aliphatic rings. The van der Waals surface area contributed by atoms with Gasteiger partial charge in [0, 0.05) is 12.4 Å². The fourth-order valence-electron chi connectivity index (χ4n) is 3.18. The molecule has 0 aliphatic carbocycles. The number of rotatable bonds is 10. The molecule has 3 aromatic carbocycles. The molecule has 0 unspecified atom stereocenters. The van der Waals surface area contributed by atoms with Gasteiger partial charge in [-0.1, -0.05) is 43.3 Å². The van der Waals surface area contributed by atoms with Crippen molar-refractivity contribution in [2.45, 2.75) is 19.4 Å². The van der Waals surface area contributed by atoms with Gasteiger partial charge in [-0.2, -0.15) is 0 Å². The first-order valence-corrected chi connectivity index (χ1v) is 12.2. The summed E-state index contributed by atoms with van der Waals surface area (Å²) in [5.74, 6) is 1.04. The van der Waals surface area contributed by atoms with Crippen LogP contribution < -0.4 is 19.1 Å². The van der Waals surface area contributed by atoms with Crippen molar-refractivity contribution in [3.05, 3.63) is 66.7 Å². The molecule has 0 aliphatic heterocycles. The number of hydrogen-bond acceptors (Lipinski definition) is 5. The second-order valence-electron chi connectivity index (χ2n) is 7.36. The Bertz CT molecular complexity index is 1160. The standard InChI is InChI=1S/C24H28N2O5S/c1-4-22(31-20-14-12-19(13-15-20)26(2)32(3,28)29)24(27)25-16-17-30-23-11-7-9-18-8-5-6-10-21(18)23/h5-15,22H,4,16-17H2,1-3H3,(H,25,27)/t22-/m1/s1. The lowest BCUT2D eigenvalue weighted by Crippen LogP contribution is -2.39. The van der Waals surface area contributed by atoms with Crippen LogP contribution in [0, 0.1) is 0 Å². The third kappa shape index (κ3) is 5.91. The summed E-state index contributed by atoms with van der Waals surface area (Å²) in [6.07, 6.45) is 0.964. The van der Waals surface area contributed by atoms with E-state index < -0.39 is 16.1 Å². The molecule has 32 heavy (non-hydrogen) atoms. The second-order valence-corrected chi connectivity index (χ2v) is 9.37. The molecule has 3 aromatic rings. The van der Waals surface area contributed by atoms with E-state index in [1.54, 1.807) is 24.3 Å². The predicted octanol–water partition coefficient (Wildman–Crippen LogP) is 3.59. The minimum Gasteiger partial charge on any atom is -0.491 e. The van der Waals surface area contributed by atoms with Crippen molar-refractivity contribution in [1.29, 1.82) is 0 Å². The van der Waals surface area contributed by atoms with Crippen molar-refractivity contribution in [1.82, 2.24) is 5.32 Å². The maximum absolute atomic E-state index is 12.5. The van der Waals surface area contributed by atoms with Gasteiger partial charge in [-0.3, -0.25) is 9.10 Å². The molecular formula is C24H28N2O5S. The van der Waals surface area contributed by atoms with Gasteiger partial charge in [-0.25, -0.2) is 8.42 Å². The number of hydrogen-bond donors (Lipinski definition) is 1. The van der Waals surface area contributed by atoms with Gasteiger partial charge in [-0.05, 0) is 42.1 Å². The van der Waals surface area contributed by atoms with Crippen LogP contribution in [0.1, 0.15) is 13.3 Å². The number of ether oxygens (including phenoxy) is 2. The first-order chi connectivity index (χ1) is 15.3. The Balaban J connectivity index is 1.51. The molecule has 3 rings (SSSR count). The molecule has 0 heterocycles. The molecular weight excluding hydrogens is 428 g/mol. The third-order valence-corrected chi connectivity index (χ3v) is 6.25. The molecule has 7 nitrogen and oxygen atoms in total. The van der Waals surface area contributed by atoms with E-state index in [0.29, 0.717) is 31.0 Å². The summed E-state index contributed by atoms with van der Waals surface area (Å²) in [6.45, 7) is 2.55. The first kappa shape index (κ1) is 23.4. The normalized spacial score (nSPS) is 12.2. The summed E-state index contributed by atoms with van der Waals surface area (Å²) in [7, 11) is -1.86. The number of anilines is 1. The number of sulfonamides is 1. The molecule has 0 bridgehead atoms. The summed E-state index contributed by atoms with van der Waals surface area (Å²) < 4.78 is 36.1.